The Morgan fingerprint density at radius 3 is 2.75 bits per heavy atom. The van der Waals surface area contributed by atoms with Gasteiger partial charge in [-0.05, 0) is 19.1 Å². The summed E-state index contributed by atoms with van der Waals surface area (Å²) >= 11 is 0. The van der Waals surface area contributed by atoms with Gasteiger partial charge >= 0.3 is 0 Å². The number of hydrogen-bond acceptors (Lipinski definition) is 7. The second kappa shape index (κ2) is 6.20. The third-order valence-electron chi connectivity index (χ3n) is 3.20. The van der Waals surface area contributed by atoms with Gasteiger partial charge in [-0.15, -0.1) is 0 Å². The standard InChI is InChI=1S/C14H11N7O3/c1-9-4-10(2-3-11(9)21(23)24)14(22)19-12-5-13(17-7-16-12)20-8-15-6-18-20/h2-8H,1H3,(H,16,17,19,22). The molecule has 0 radical (unpaired) electrons. The van der Waals surface area contributed by atoms with Crippen LogP contribution in [0.2, 0.25) is 0 Å². The highest BCUT2D eigenvalue weighted by molar-refractivity contribution is 6.04. The summed E-state index contributed by atoms with van der Waals surface area (Å²) in [6, 6.07) is 5.67. The van der Waals surface area contributed by atoms with Crippen LogP contribution >= 0.6 is 0 Å². The van der Waals surface area contributed by atoms with Gasteiger partial charge in [0.05, 0.1) is 4.92 Å². The van der Waals surface area contributed by atoms with E-state index in [1.54, 1.807) is 6.92 Å². The van der Waals surface area contributed by atoms with Crippen molar-refractivity contribution in [2.24, 2.45) is 0 Å². The second-order valence-corrected chi connectivity index (χ2v) is 4.81. The molecule has 2 heterocycles. The Labute approximate surface area is 135 Å². The first-order valence-electron chi connectivity index (χ1n) is 6.78. The summed E-state index contributed by atoms with van der Waals surface area (Å²) in [6.07, 6.45) is 4.11. The highest BCUT2D eigenvalue weighted by Crippen LogP contribution is 2.19. The Bertz CT molecular complexity index is 908. The van der Waals surface area contributed by atoms with Gasteiger partial charge < -0.3 is 5.32 Å². The Kier molecular flexibility index (Phi) is 3.93. The Morgan fingerprint density at radius 2 is 2.08 bits per heavy atom. The van der Waals surface area contributed by atoms with E-state index in [-0.39, 0.29) is 11.5 Å². The molecular weight excluding hydrogens is 314 g/mol. The highest BCUT2D eigenvalue weighted by atomic mass is 16.6. The summed E-state index contributed by atoms with van der Waals surface area (Å²) in [5, 5.41) is 17.4. The summed E-state index contributed by atoms with van der Waals surface area (Å²) < 4.78 is 1.42. The van der Waals surface area contributed by atoms with E-state index in [1.165, 1.54) is 47.9 Å². The van der Waals surface area contributed by atoms with Crippen molar-refractivity contribution >= 4 is 17.4 Å². The normalized spacial score (nSPS) is 10.4. The van der Waals surface area contributed by atoms with E-state index in [0.717, 1.165) is 0 Å². The zero-order valence-corrected chi connectivity index (χ0v) is 12.4. The first-order chi connectivity index (χ1) is 11.5. The molecule has 0 aliphatic heterocycles. The van der Waals surface area contributed by atoms with Crippen LogP contribution in [0.5, 0.6) is 0 Å². The number of nitrogens with one attached hydrogen (secondary N) is 1. The number of rotatable bonds is 4. The summed E-state index contributed by atoms with van der Waals surface area (Å²) in [5.74, 6) is 0.283. The predicted octanol–water partition coefficient (Wildman–Crippen LogP) is 1.53. The zero-order valence-electron chi connectivity index (χ0n) is 12.4. The van der Waals surface area contributed by atoms with Gasteiger partial charge in [0.15, 0.2) is 5.82 Å². The van der Waals surface area contributed by atoms with Crippen molar-refractivity contribution in [2.45, 2.75) is 6.92 Å². The average Bonchev–Trinajstić information content (AvgIpc) is 3.09. The second-order valence-electron chi connectivity index (χ2n) is 4.81. The smallest absolute Gasteiger partial charge is 0.272 e. The average molecular weight is 325 g/mol. The molecule has 2 aromatic heterocycles. The third kappa shape index (κ3) is 3.06. The molecule has 1 amide bonds. The number of benzene rings is 1. The van der Waals surface area contributed by atoms with E-state index >= 15 is 0 Å². The van der Waals surface area contributed by atoms with Crippen molar-refractivity contribution in [1.82, 2.24) is 24.7 Å². The molecule has 3 rings (SSSR count). The Balaban J connectivity index is 1.81. The molecule has 24 heavy (non-hydrogen) atoms. The lowest BCUT2D eigenvalue weighted by molar-refractivity contribution is -0.385. The number of hydrogen-bond donors (Lipinski definition) is 1. The zero-order chi connectivity index (χ0) is 17.1. The number of carbonyl (C=O) groups is 1. The van der Waals surface area contributed by atoms with Crippen LogP contribution in [-0.4, -0.2) is 35.6 Å². The minimum Gasteiger partial charge on any atom is -0.306 e. The van der Waals surface area contributed by atoms with Crippen molar-refractivity contribution in [3.05, 3.63) is 64.5 Å². The van der Waals surface area contributed by atoms with Gasteiger partial charge in [-0.3, -0.25) is 14.9 Å². The van der Waals surface area contributed by atoms with Gasteiger partial charge in [0.25, 0.3) is 11.6 Å². The number of aryl methyl sites for hydroxylation is 1. The largest absolute Gasteiger partial charge is 0.306 e. The molecule has 0 atom stereocenters. The molecule has 0 fully saturated rings. The SMILES string of the molecule is Cc1cc(C(=O)Nc2cc(-n3cncn3)ncn2)ccc1[N+](=O)[O-]. The lowest BCUT2D eigenvalue weighted by Gasteiger charge is -2.06. The number of aromatic nitrogens is 5. The van der Waals surface area contributed by atoms with Crippen LogP contribution in [0.1, 0.15) is 15.9 Å². The van der Waals surface area contributed by atoms with E-state index < -0.39 is 10.8 Å². The molecule has 0 aliphatic rings. The van der Waals surface area contributed by atoms with E-state index in [1.807, 2.05) is 0 Å². The lowest BCUT2D eigenvalue weighted by Crippen LogP contribution is -2.14. The van der Waals surface area contributed by atoms with Crippen LogP contribution in [0.3, 0.4) is 0 Å². The van der Waals surface area contributed by atoms with Gasteiger partial charge in [0, 0.05) is 23.3 Å². The van der Waals surface area contributed by atoms with Gasteiger partial charge in [-0.2, -0.15) is 5.10 Å². The van der Waals surface area contributed by atoms with Crippen LogP contribution in [0.15, 0.2) is 43.2 Å². The van der Waals surface area contributed by atoms with Crippen molar-refractivity contribution in [2.75, 3.05) is 5.32 Å². The van der Waals surface area contributed by atoms with Crippen molar-refractivity contribution in [3.8, 4) is 5.82 Å². The van der Waals surface area contributed by atoms with Gasteiger partial charge in [0.2, 0.25) is 0 Å². The quantitative estimate of drug-likeness (QED) is 0.568. The minimum atomic E-state index is -0.494. The molecule has 0 aliphatic carbocycles. The molecular formula is C14H11N7O3. The van der Waals surface area contributed by atoms with Crippen LogP contribution in [0.4, 0.5) is 11.5 Å². The number of nitrogens with zero attached hydrogens (tertiary/aromatic N) is 6. The maximum atomic E-state index is 12.3. The van der Waals surface area contributed by atoms with E-state index in [0.29, 0.717) is 16.9 Å². The molecule has 3 aromatic rings. The Hall–Kier alpha value is -3.69. The molecule has 1 aromatic carbocycles. The summed E-state index contributed by atoms with van der Waals surface area (Å²) in [7, 11) is 0. The number of nitro groups is 1. The molecule has 10 heteroatoms. The summed E-state index contributed by atoms with van der Waals surface area (Å²) in [5.41, 5.74) is 0.653. The first kappa shape index (κ1) is 15.2. The van der Waals surface area contributed by atoms with Crippen LogP contribution in [0.25, 0.3) is 5.82 Å². The molecule has 0 unspecified atom stereocenters. The van der Waals surface area contributed by atoms with Crippen molar-refractivity contribution < 1.29 is 9.72 Å². The first-order valence-corrected chi connectivity index (χ1v) is 6.78. The van der Waals surface area contributed by atoms with Crippen LogP contribution in [0, 0.1) is 17.0 Å². The van der Waals surface area contributed by atoms with Crippen molar-refractivity contribution in [1.29, 1.82) is 0 Å². The summed E-state index contributed by atoms with van der Waals surface area (Å²) in [6.45, 7) is 1.57. The fourth-order valence-electron chi connectivity index (χ4n) is 2.06. The maximum absolute atomic E-state index is 12.3. The number of nitro benzene ring substituents is 1. The maximum Gasteiger partial charge on any atom is 0.272 e. The Morgan fingerprint density at radius 1 is 1.25 bits per heavy atom. The lowest BCUT2D eigenvalue weighted by atomic mass is 10.1. The number of anilines is 1. The molecule has 120 valence electrons. The van der Waals surface area contributed by atoms with E-state index in [4.69, 9.17) is 0 Å². The number of carbonyl (C=O) groups excluding carboxylic acids is 1. The fourth-order valence-corrected chi connectivity index (χ4v) is 2.06. The van der Waals surface area contributed by atoms with E-state index in [2.05, 4.69) is 25.4 Å². The monoisotopic (exact) mass is 325 g/mol. The molecule has 0 saturated carbocycles. The summed E-state index contributed by atoms with van der Waals surface area (Å²) in [4.78, 5) is 34.4. The predicted molar refractivity (Wildman–Crippen MR) is 82.7 cm³/mol. The molecule has 0 saturated heterocycles. The van der Waals surface area contributed by atoms with Gasteiger partial charge in [-0.25, -0.2) is 19.6 Å². The fraction of sp³-hybridized carbons (Fsp3) is 0.0714. The molecule has 1 N–H and O–H groups in total. The topological polar surface area (TPSA) is 129 Å². The molecule has 10 nitrogen and oxygen atoms in total. The number of amides is 1. The van der Waals surface area contributed by atoms with Gasteiger partial charge in [-0.1, -0.05) is 0 Å². The van der Waals surface area contributed by atoms with Crippen LogP contribution < -0.4 is 5.32 Å². The third-order valence-corrected chi connectivity index (χ3v) is 3.20. The van der Waals surface area contributed by atoms with E-state index in [9.17, 15) is 14.9 Å². The molecule has 0 spiro atoms. The van der Waals surface area contributed by atoms with Gasteiger partial charge in [0.1, 0.15) is 24.8 Å². The molecule has 0 bridgehead atoms. The highest BCUT2D eigenvalue weighted by Gasteiger charge is 2.14. The minimum absolute atomic E-state index is 0.0398. The van der Waals surface area contributed by atoms with Crippen LogP contribution in [-0.2, 0) is 0 Å². The van der Waals surface area contributed by atoms with Crippen molar-refractivity contribution in [3.63, 3.8) is 0 Å².